The van der Waals surface area contributed by atoms with E-state index >= 15 is 0 Å². The van der Waals surface area contributed by atoms with Gasteiger partial charge in [-0.1, -0.05) is 42.5 Å². The summed E-state index contributed by atoms with van der Waals surface area (Å²) >= 11 is 0. The van der Waals surface area contributed by atoms with Crippen molar-refractivity contribution in [3.05, 3.63) is 71.3 Å². The van der Waals surface area contributed by atoms with Crippen LogP contribution in [-0.2, 0) is 11.2 Å². The number of rotatable bonds is 4. The van der Waals surface area contributed by atoms with Gasteiger partial charge in [0.15, 0.2) is 0 Å². The van der Waals surface area contributed by atoms with E-state index in [0.717, 1.165) is 16.3 Å². The summed E-state index contributed by atoms with van der Waals surface area (Å²) in [6.45, 7) is 1.73. The quantitative estimate of drug-likeness (QED) is 0.506. The van der Waals surface area contributed by atoms with Crippen molar-refractivity contribution >= 4 is 22.9 Å². The van der Waals surface area contributed by atoms with Crippen molar-refractivity contribution in [2.24, 2.45) is 5.10 Å². The lowest BCUT2D eigenvalue weighted by Crippen LogP contribution is -2.20. The van der Waals surface area contributed by atoms with Crippen LogP contribution in [0.3, 0.4) is 0 Å². The minimum absolute atomic E-state index is 0.0212. The van der Waals surface area contributed by atoms with Crippen LogP contribution in [0.4, 0.5) is 0 Å². The number of aromatic hydroxyl groups is 2. The van der Waals surface area contributed by atoms with E-state index in [9.17, 15) is 15.0 Å². The highest BCUT2D eigenvalue weighted by molar-refractivity contribution is 5.91. The molecule has 0 unspecified atom stereocenters. The van der Waals surface area contributed by atoms with Gasteiger partial charge in [0, 0.05) is 11.6 Å². The van der Waals surface area contributed by atoms with Gasteiger partial charge in [-0.2, -0.15) is 5.10 Å². The third-order valence-electron chi connectivity index (χ3n) is 3.96. The van der Waals surface area contributed by atoms with Crippen molar-refractivity contribution in [1.29, 1.82) is 0 Å². The van der Waals surface area contributed by atoms with E-state index in [-0.39, 0.29) is 23.8 Å². The zero-order chi connectivity index (χ0) is 17.8. The zero-order valence-corrected chi connectivity index (χ0v) is 13.7. The molecule has 3 aromatic rings. The van der Waals surface area contributed by atoms with Crippen LogP contribution in [0.1, 0.15) is 16.7 Å². The second-order valence-corrected chi connectivity index (χ2v) is 5.80. The molecule has 0 fully saturated rings. The molecule has 126 valence electrons. The van der Waals surface area contributed by atoms with E-state index in [2.05, 4.69) is 10.5 Å². The molecule has 0 aromatic heterocycles. The molecule has 0 atom stereocenters. The Balaban J connectivity index is 1.71. The SMILES string of the molecule is Cc1cc(O)cc(O)c1/C=N\NC(=O)Cc1cccc2ccccc12. The number of carbonyl (C=O) groups is 1. The van der Waals surface area contributed by atoms with E-state index in [4.69, 9.17) is 0 Å². The van der Waals surface area contributed by atoms with E-state index in [0.29, 0.717) is 11.1 Å². The van der Waals surface area contributed by atoms with Crippen molar-refractivity contribution in [2.45, 2.75) is 13.3 Å². The van der Waals surface area contributed by atoms with Gasteiger partial charge in [-0.15, -0.1) is 0 Å². The van der Waals surface area contributed by atoms with Gasteiger partial charge in [-0.25, -0.2) is 5.43 Å². The van der Waals surface area contributed by atoms with Crippen LogP contribution in [-0.4, -0.2) is 22.3 Å². The second kappa shape index (κ2) is 7.05. The Hall–Kier alpha value is -3.34. The number of hydrazone groups is 1. The Morgan fingerprint density at radius 2 is 1.88 bits per heavy atom. The third-order valence-corrected chi connectivity index (χ3v) is 3.96. The summed E-state index contributed by atoms with van der Waals surface area (Å²) in [5.41, 5.74) is 4.50. The molecule has 0 aliphatic carbocycles. The maximum absolute atomic E-state index is 12.1. The summed E-state index contributed by atoms with van der Waals surface area (Å²) in [5.74, 6) is -0.361. The Labute approximate surface area is 145 Å². The zero-order valence-electron chi connectivity index (χ0n) is 13.7. The van der Waals surface area contributed by atoms with Gasteiger partial charge >= 0.3 is 0 Å². The highest BCUT2D eigenvalue weighted by atomic mass is 16.3. The smallest absolute Gasteiger partial charge is 0.244 e. The summed E-state index contributed by atoms with van der Waals surface area (Å²) in [7, 11) is 0. The summed E-state index contributed by atoms with van der Waals surface area (Å²) in [6, 6.07) is 16.5. The molecule has 0 aliphatic rings. The number of phenols is 2. The molecule has 0 saturated heterocycles. The average Bonchev–Trinajstić information content (AvgIpc) is 2.57. The summed E-state index contributed by atoms with van der Waals surface area (Å²) in [6.07, 6.45) is 1.57. The number of benzene rings is 3. The molecular weight excluding hydrogens is 316 g/mol. The largest absolute Gasteiger partial charge is 0.508 e. The Morgan fingerprint density at radius 1 is 1.12 bits per heavy atom. The minimum atomic E-state index is -0.247. The molecule has 3 rings (SSSR count). The second-order valence-electron chi connectivity index (χ2n) is 5.80. The predicted octanol–water partition coefficient (Wildman–Crippen LogP) is 3.25. The predicted molar refractivity (Wildman–Crippen MR) is 97.9 cm³/mol. The lowest BCUT2D eigenvalue weighted by molar-refractivity contribution is -0.120. The van der Waals surface area contributed by atoms with Gasteiger partial charge in [0.25, 0.3) is 0 Å². The summed E-state index contributed by atoms with van der Waals surface area (Å²) < 4.78 is 0. The van der Waals surface area contributed by atoms with Crippen molar-refractivity contribution in [1.82, 2.24) is 5.43 Å². The van der Waals surface area contributed by atoms with Gasteiger partial charge < -0.3 is 10.2 Å². The van der Waals surface area contributed by atoms with Crippen molar-refractivity contribution in [3.8, 4) is 11.5 Å². The number of aryl methyl sites for hydroxylation is 1. The van der Waals surface area contributed by atoms with Gasteiger partial charge in [0.2, 0.25) is 5.91 Å². The fourth-order valence-electron chi connectivity index (χ4n) is 2.76. The molecule has 3 aromatic carbocycles. The van der Waals surface area contributed by atoms with Crippen LogP contribution >= 0.6 is 0 Å². The molecule has 0 spiro atoms. The number of nitrogens with one attached hydrogen (secondary N) is 1. The van der Waals surface area contributed by atoms with Crippen LogP contribution in [0.25, 0.3) is 10.8 Å². The number of carbonyl (C=O) groups excluding carboxylic acids is 1. The number of hydrogen-bond acceptors (Lipinski definition) is 4. The average molecular weight is 334 g/mol. The van der Waals surface area contributed by atoms with Crippen LogP contribution in [0.5, 0.6) is 11.5 Å². The van der Waals surface area contributed by atoms with Crippen LogP contribution in [0, 0.1) is 6.92 Å². The molecule has 25 heavy (non-hydrogen) atoms. The highest BCUT2D eigenvalue weighted by Crippen LogP contribution is 2.25. The minimum Gasteiger partial charge on any atom is -0.508 e. The van der Waals surface area contributed by atoms with Crippen LogP contribution in [0.15, 0.2) is 59.7 Å². The molecule has 0 aliphatic heterocycles. The first-order valence-electron chi connectivity index (χ1n) is 7.85. The molecule has 0 heterocycles. The summed E-state index contributed by atoms with van der Waals surface area (Å²) in [5, 5.41) is 25.3. The maximum atomic E-state index is 12.1. The van der Waals surface area contributed by atoms with Crippen molar-refractivity contribution in [3.63, 3.8) is 0 Å². The maximum Gasteiger partial charge on any atom is 0.244 e. The molecule has 3 N–H and O–H groups in total. The lowest BCUT2D eigenvalue weighted by atomic mass is 10.0. The Bertz CT molecular complexity index is 936. The molecule has 0 saturated carbocycles. The molecular formula is C20H18N2O3. The van der Waals surface area contributed by atoms with E-state index in [1.54, 1.807) is 6.92 Å². The number of hydrogen-bond donors (Lipinski definition) is 3. The third kappa shape index (κ3) is 3.77. The number of fused-ring (bicyclic) bond motifs is 1. The lowest BCUT2D eigenvalue weighted by Gasteiger charge is -2.06. The number of nitrogens with zero attached hydrogens (tertiary/aromatic N) is 1. The fraction of sp³-hybridized carbons (Fsp3) is 0.100. The summed E-state index contributed by atoms with van der Waals surface area (Å²) in [4.78, 5) is 12.1. The highest BCUT2D eigenvalue weighted by Gasteiger charge is 2.07. The van der Waals surface area contributed by atoms with Gasteiger partial charge in [0.05, 0.1) is 12.6 Å². The Morgan fingerprint density at radius 3 is 2.68 bits per heavy atom. The molecule has 5 nitrogen and oxygen atoms in total. The van der Waals surface area contributed by atoms with Crippen LogP contribution < -0.4 is 5.43 Å². The molecule has 1 amide bonds. The normalized spacial score (nSPS) is 11.1. The first kappa shape index (κ1) is 16.5. The molecule has 0 bridgehead atoms. The molecule has 5 heteroatoms. The van der Waals surface area contributed by atoms with Crippen molar-refractivity contribution < 1.29 is 15.0 Å². The topological polar surface area (TPSA) is 81.9 Å². The van der Waals surface area contributed by atoms with Gasteiger partial charge in [-0.3, -0.25) is 4.79 Å². The fourth-order valence-corrected chi connectivity index (χ4v) is 2.76. The first-order chi connectivity index (χ1) is 12.0. The monoisotopic (exact) mass is 334 g/mol. The number of amides is 1. The first-order valence-corrected chi connectivity index (χ1v) is 7.85. The Kier molecular flexibility index (Phi) is 4.66. The number of phenolic OH excluding ortho intramolecular Hbond substituents is 2. The van der Waals surface area contributed by atoms with E-state index in [1.807, 2.05) is 42.5 Å². The van der Waals surface area contributed by atoms with E-state index in [1.165, 1.54) is 18.3 Å². The van der Waals surface area contributed by atoms with E-state index < -0.39 is 0 Å². The molecule has 0 radical (unpaired) electrons. The standard InChI is InChI=1S/C20H18N2O3/c1-13-9-16(23)11-19(24)18(13)12-21-22-20(25)10-15-7-4-6-14-5-2-3-8-17(14)15/h2-9,11-12,23-24H,10H2,1H3,(H,22,25)/b21-12-. The van der Waals surface area contributed by atoms with Gasteiger partial charge in [0.1, 0.15) is 11.5 Å². The van der Waals surface area contributed by atoms with Crippen molar-refractivity contribution in [2.75, 3.05) is 0 Å². The van der Waals surface area contributed by atoms with Gasteiger partial charge in [-0.05, 0) is 34.9 Å². The van der Waals surface area contributed by atoms with Crippen LogP contribution in [0.2, 0.25) is 0 Å².